The molecule has 2 rings (SSSR count). The average Bonchev–Trinajstić information content (AvgIpc) is 2.41. The monoisotopic (exact) mass is 294 g/mol. The van der Waals surface area contributed by atoms with Crippen molar-refractivity contribution in [3.8, 4) is 0 Å². The fourth-order valence-corrected chi connectivity index (χ4v) is 2.10. The Morgan fingerprint density at radius 3 is 1.25 bits per heavy atom. The van der Waals surface area contributed by atoms with Gasteiger partial charge in [0.1, 0.15) is 0 Å². The number of rotatable bonds is 4. The molecule has 0 spiro atoms. The van der Waals surface area contributed by atoms with E-state index in [9.17, 15) is 19.8 Å². The number of carbonyl (C=O) groups excluding carboxylic acids is 2. The molecule has 0 saturated carbocycles. The molecule has 0 amide bonds. The maximum Gasteiger partial charge on any atom is 2.00 e. The minimum absolute atomic E-state index is 0. The normalized spacial score (nSPS) is 10.4. The SMILES string of the molecule is O=C([O-])C(C(=O)[O-])(c1ccccc1)c1ccccc1.[Ca+2]. The van der Waals surface area contributed by atoms with Crippen LogP contribution in [0.4, 0.5) is 0 Å². The Balaban J connectivity index is 0.00000200. The summed E-state index contributed by atoms with van der Waals surface area (Å²) in [5.41, 5.74) is -2.11. The van der Waals surface area contributed by atoms with Gasteiger partial charge in [0.05, 0.1) is 17.4 Å². The number of carboxylic acid groups (broad SMARTS) is 2. The summed E-state index contributed by atoms with van der Waals surface area (Å²) in [5.74, 6) is -3.44. The zero-order chi connectivity index (χ0) is 13.9. The van der Waals surface area contributed by atoms with Gasteiger partial charge in [-0.25, -0.2) is 0 Å². The van der Waals surface area contributed by atoms with Gasteiger partial charge in [-0.2, -0.15) is 0 Å². The van der Waals surface area contributed by atoms with Crippen molar-refractivity contribution in [2.45, 2.75) is 5.41 Å². The molecule has 0 aliphatic carbocycles. The Hall–Kier alpha value is -1.36. The molecular formula is C15H10CaO4. The second-order valence-corrected chi connectivity index (χ2v) is 4.06. The molecule has 0 aromatic heterocycles. The average molecular weight is 294 g/mol. The molecule has 0 bridgehead atoms. The van der Waals surface area contributed by atoms with Crippen molar-refractivity contribution in [1.29, 1.82) is 0 Å². The predicted molar refractivity (Wildman–Crippen MR) is 69.4 cm³/mol. The summed E-state index contributed by atoms with van der Waals surface area (Å²) in [5, 5.41) is 23.1. The van der Waals surface area contributed by atoms with Gasteiger partial charge in [0.25, 0.3) is 0 Å². The minimum Gasteiger partial charge on any atom is -0.548 e. The first-order chi connectivity index (χ1) is 9.10. The van der Waals surface area contributed by atoms with E-state index in [1.165, 1.54) is 24.3 Å². The van der Waals surface area contributed by atoms with Crippen LogP contribution in [0.5, 0.6) is 0 Å². The Morgan fingerprint density at radius 2 is 1.00 bits per heavy atom. The molecule has 0 fully saturated rings. The van der Waals surface area contributed by atoms with Crippen molar-refractivity contribution in [2.24, 2.45) is 0 Å². The van der Waals surface area contributed by atoms with E-state index in [-0.39, 0.29) is 48.9 Å². The number of hydrogen-bond donors (Lipinski definition) is 0. The van der Waals surface area contributed by atoms with Crippen molar-refractivity contribution in [3.05, 3.63) is 71.8 Å². The molecule has 0 radical (unpaired) electrons. The third-order valence-electron chi connectivity index (χ3n) is 3.03. The first-order valence-electron chi connectivity index (χ1n) is 5.64. The van der Waals surface area contributed by atoms with Gasteiger partial charge in [-0.1, -0.05) is 60.7 Å². The van der Waals surface area contributed by atoms with Gasteiger partial charge in [-0.15, -0.1) is 0 Å². The third-order valence-corrected chi connectivity index (χ3v) is 3.03. The molecule has 0 heterocycles. The summed E-state index contributed by atoms with van der Waals surface area (Å²) in [4.78, 5) is 23.1. The quantitative estimate of drug-likeness (QED) is 0.540. The maximum atomic E-state index is 11.5. The first kappa shape index (κ1) is 16.7. The number of hydrogen-bond acceptors (Lipinski definition) is 4. The van der Waals surface area contributed by atoms with E-state index >= 15 is 0 Å². The number of aliphatic carboxylic acids is 2. The summed E-state index contributed by atoms with van der Waals surface area (Å²) in [6, 6.07) is 15.3. The van der Waals surface area contributed by atoms with Crippen LogP contribution in [0.1, 0.15) is 11.1 Å². The Bertz CT molecular complexity index is 540. The molecule has 2 aromatic rings. The smallest absolute Gasteiger partial charge is 0.548 e. The summed E-state index contributed by atoms with van der Waals surface area (Å²) in [6.07, 6.45) is 0. The third kappa shape index (κ3) is 2.73. The second-order valence-electron chi connectivity index (χ2n) is 4.06. The summed E-state index contributed by atoms with van der Waals surface area (Å²) in [7, 11) is 0. The fraction of sp³-hybridized carbons (Fsp3) is 0.0667. The first-order valence-corrected chi connectivity index (χ1v) is 5.64. The van der Waals surface area contributed by atoms with Crippen LogP contribution in [-0.4, -0.2) is 49.7 Å². The van der Waals surface area contributed by atoms with Gasteiger partial charge in [0, 0.05) is 0 Å². The zero-order valence-electron chi connectivity index (χ0n) is 10.6. The molecule has 0 atom stereocenters. The van der Waals surface area contributed by atoms with E-state index in [2.05, 4.69) is 0 Å². The molecule has 5 heteroatoms. The predicted octanol–water partition coefficient (Wildman–Crippen LogP) is -0.908. The van der Waals surface area contributed by atoms with Crippen LogP contribution in [0.3, 0.4) is 0 Å². The largest absolute Gasteiger partial charge is 2.00 e. The number of benzene rings is 2. The van der Waals surface area contributed by atoms with Gasteiger partial charge >= 0.3 is 37.7 Å². The Morgan fingerprint density at radius 1 is 0.700 bits per heavy atom. The minimum atomic E-state index is -2.30. The van der Waals surface area contributed by atoms with Gasteiger partial charge in [0.15, 0.2) is 0 Å². The topological polar surface area (TPSA) is 80.3 Å². The van der Waals surface area contributed by atoms with Crippen LogP contribution in [0, 0.1) is 0 Å². The van der Waals surface area contributed by atoms with Gasteiger partial charge in [-0.3, -0.25) is 0 Å². The number of carboxylic acids is 2. The van der Waals surface area contributed by atoms with E-state index in [1.807, 2.05) is 0 Å². The van der Waals surface area contributed by atoms with Crippen molar-refractivity contribution < 1.29 is 19.8 Å². The molecule has 0 N–H and O–H groups in total. The molecule has 0 saturated heterocycles. The van der Waals surface area contributed by atoms with Crippen LogP contribution in [0.25, 0.3) is 0 Å². The summed E-state index contributed by atoms with van der Waals surface area (Å²) < 4.78 is 0. The van der Waals surface area contributed by atoms with Crippen LogP contribution in [0.2, 0.25) is 0 Å². The van der Waals surface area contributed by atoms with Crippen molar-refractivity contribution in [2.75, 3.05) is 0 Å². The van der Waals surface area contributed by atoms with Gasteiger partial charge in [-0.05, 0) is 11.1 Å². The van der Waals surface area contributed by atoms with E-state index < -0.39 is 17.4 Å². The van der Waals surface area contributed by atoms with E-state index in [1.54, 1.807) is 36.4 Å². The van der Waals surface area contributed by atoms with E-state index in [0.717, 1.165) is 0 Å². The molecule has 0 aliphatic heterocycles. The molecule has 0 unspecified atom stereocenters. The van der Waals surface area contributed by atoms with E-state index in [0.29, 0.717) is 0 Å². The van der Waals surface area contributed by atoms with Crippen LogP contribution >= 0.6 is 0 Å². The molecule has 2 aromatic carbocycles. The van der Waals surface area contributed by atoms with Crippen LogP contribution in [0.15, 0.2) is 60.7 Å². The van der Waals surface area contributed by atoms with Crippen LogP contribution in [-0.2, 0) is 15.0 Å². The molecule has 20 heavy (non-hydrogen) atoms. The van der Waals surface area contributed by atoms with Crippen molar-refractivity contribution in [3.63, 3.8) is 0 Å². The van der Waals surface area contributed by atoms with Crippen molar-refractivity contribution in [1.82, 2.24) is 0 Å². The number of carbonyl (C=O) groups is 2. The van der Waals surface area contributed by atoms with Crippen molar-refractivity contribution >= 4 is 49.7 Å². The van der Waals surface area contributed by atoms with Crippen LogP contribution < -0.4 is 10.2 Å². The van der Waals surface area contributed by atoms with Gasteiger partial charge < -0.3 is 19.8 Å². The second kappa shape index (κ2) is 6.88. The standard InChI is InChI=1S/C15H12O4.Ca/c16-13(17)15(14(18)19,11-7-3-1-4-8-11)12-9-5-2-6-10-12;/h1-10H,(H,16,17)(H,18,19);/q;+2/p-2. The van der Waals surface area contributed by atoms with Gasteiger partial charge in [0.2, 0.25) is 0 Å². The zero-order valence-corrected chi connectivity index (χ0v) is 12.8. The Labute approximate surface area is 146 Å². The Kier molecular flexibility index (Phi) is 5.74. The summed E-state index contributed by atoms with van der Waals surface area (Å²) in [6.45, 7) is 0. The summed E-state index contributed by atoms with van der Waals surface area (Å²) >= 11 is 0. The fourth-order valence-electron chi connectivity index (χ4n) is 2.10. The maximum absolute atomic E-state index is 11.5. The molecule has 0 aliphatic rings. The molecule has 96 valence electrons. The molecule has 4 nitrogen and oxygen atoms in total. The molecular weight excluding hydrogens is 284 g/mol. The van der Waals surface area contributed by atoms with E-state index in [4.69, 9.17) is 0 Å².